The van der Waals surface area contributed by atoms with E-state index in [9.17, 15) is 4.39 Å². The summed E-state index contributed by atoms with van der Waals surface area (Å²) in [6, 6.07) is 0. The maximum Gasteiger partial charge on any atom is 0.259 e. The van der Waals surface area contributed by atoms with E-state index in [1.165, 1.54) is 11.7 Å². The second-order valence-corrected chi connectivity index (χ2v) is 5.65. The Balaban J connectivity index is 5.10. The Hall–Kier alpha value is -1.69. The maximum absolute atomic E-state index is 13.0. The lowest BCUT2D eigenvalue weighted by Crippen LogP contribution is -2.57. The Morgan fingerprint density at radius 2 is 2.17 bits per heavy atom. The van der Waals surface area contributed by atoms with Gasteiger partial charge in [-0.15, -0.1) is 6.58 Å². The fourth-order valence-electron chi connectivity index (χ4n) is 2.03. The van der Waals surface area contributed by atoms with E-state index in [2.05, 4.69) is 23.4 Å². The molecule has 0 aliphatic heterocycles. The third kappa shape index (κ3) is 5.78. The van der Waals surface area contributed by atoms with Gasteiger partial charge in [-0.25, -0.2) is 19.0 Å². The summed E-state index contributed by atoms with van der Waals surface area (Å²) < 4.78 is 14.8. The standard InChI is InChI=1S/C16H28ClFN5/c1-7-14(18)10-8-9-11-21-15(19)13(2)16(3,22(5)12-17)23(6)20-4/h7,9,11-14H,1,4,8,10H2,2-3,5-6H3,(H2,19,21)/q+1. The van der Waals surface area contributed by atoms with E-state index in [1.807, 2.05) is 20.9 Å². The molecule has 0 aliphatic carbocycles. The zero-order valence-electron chi connectivity index (χ0n) is 14.4. The molecule has 5 nitrogen and oxygen atoms in total. The number of allylic oxidation sites excluding steroid dienone is 2. The van der Waals surface area contributed by atoms with Crippen LogP contribution in [0.3, 0.4) is 0 Å². The SMILES string of the molecule is C=CC(F)CCC=CN=C(N)C(C)C(C)(N(C)N=C)[N+](C)=CCl. The Morgan fingerprint density at radius 3 is 2.65 bits per heavy atom. The molecule has 2 N–H and O–H groups in total. The largest absolute Gasteiger partial charge is 0.387 e. The smallest absolute Gasteiger partial charge is 0.259 e. The highest BCUT2D eigenvalue weighted by molar-refractivity contribution is 6.54. The lowest BCUT2D eigenvalue weighted by atomic mass is 9.94. The Kier molecular flexibility index (Phi) is 9.41. The number of rotatable bonds is 10. The maximum atomic E-state index is 13.0. The van der Waals surface area contributed by atoms with Crippen LogP contribution in [-0.4, -0.2) is 53.7 Å². The molecule has 0 bridgehead atoms. The first-order valence-electron chi connectivity index (χ1n) is 7.37. The van der Waals surface area contributed by atoms with Crippen LogP contribution in [0.1, 0.15) is 26.7 Å². The van der Waals surface area contributed by atoms with Crippen molar-refractivity contribution in [2.75, 3.05) is 14.1 Å². The summed E-state index contributed by atoms with van der Waals surface area (Å²) in [6.45, 7) is 10.8. The molecule has 0 aromatic heterocycles. The van der Waals surface area contributed by atoms with Crippen molar-refractivity contribution in [1.29, 1.82) is 0 Å². The van der Waals surface area contributed by atoms with Crippen LogP contribution in [0.4, 0.5) is 4.39 Å². The molecule has 0 heterocycles. The molecule has 3 unspecified atom stereocenters. The van der Waals surface area contributed by atoms with Crippen molar-refractivity contribution in [3.05, 3.63) is 24.9 Å². The van der Waals surface area contributed by atoms with E-state index in [-0.39, 0.29) is 5.92 Å². The number of aliphatic imine (C=N–C) groups is 1. The second-order valence-electron chi connectivity index (χ2n) is 5.46. The van der Waals surface area contributed by atoms with E-state index in [1.54, 1.807) is 28.9 Å². The van der Waals surface area contributed by atoms with Crippen molar-refractivity contribution in [3.63, 3.8) is 0 Å². The van der Waals surface area contributed by atoms with E-state index >= 15 is 0 Å². The molecule has 0 rings (SSSR count). The van der Waals surface area contributed by atoms with Crippen molar-refractivity contribution >= 4 is 29.8 Å². The molecule has 0 saturated carbocycles. The molecule has 23 heavy (non-hydrogen) atoms. The predicted molar refractivity (Wildman–Crippen MR) is 98.1 cm³/mol. The van der Waals surface area contributed by atoms with Gasteiger partial charge in [-0.1, -0.05) is 12.2 Å². The fourth-order valence-corrected chi connectivity index (χ4v) is 2.23. The van der Waals surface area contributed by atoms with Crippen LogP contribution in [0.2, 0.25) is 0 Å². The van der Waals surface area contributed by atoms with E-state index < -0.39 is 11.8 Å². The van der Waals surface area contributed by atoms with Gasteiger partial charge in [0.1, 0.15) is 19.1 Å². The summed E-state index contributed by atoms with van der Waals surface area (Å²) in [5.41, 5.74) is 6.89. The van der Waals surface area contributed by atoms with Crippen LogP contribution in [-0.2, 0) is 0 Å². The molecule has 0 saturated heterocycles. The highest BCUT2D eigenvalue weighted by Crippen LogP contribution is 2.25. The van der Waals surface area contributed by atoms with Crippen molar-refractivity contribution in [3.8, 4) is 0 Å². The third-order valence-electron chi connectivity index (χ3n) is 4.19. The monoisotopic (exact) mass is 344 g/mol. The lowest BCUT2D eigenvalue weighted by molar-refractivity contribution is -0.610. The molecule has 0 aromatic carbocycles. The first kappa shape index (κ1) is 21.3. The average molecular weight is 345 g/mol. The quantitative estimate of drug-likeness (QED) is 0.165. The van der Waals surface area contributed by atoms with Gasteiger partial charge in [0.2, 0.25) is 5.67 Å². The molecule has 130 valence electrons. The van der Waals surface area contributed by atoms with E-state index in [0.717, 1.165) is 0 Å². The number of nitrogens with zero attached hydrogens (tertiary/aromatic N) is 4. The van der Waals surface area contributed by atoms with Gasteiger partial charge in [-0.3, -0.25) is 0 Å². The van der Waals surface area contributed by atoms with E-state index in [4.69, 9.17) is 17.3 Å². The number of hydrogen-bond acceptors (Lipinski definition) is 3. The Bertz CT molecular complexity index is 489. The molecule has 0 aliphatic rings. The van der Waals surface area contributed by atoms with Gasteiger partial charge in [0.05, 0.1) is 5.92 Å². The van der Waals surface area contributed by atoms with Gasteiger partial charge in [0.15, 0.2) is 0 Å². The van der Waals surface area contributed by atoms with Crippen LogP contribution in [0.15, 0.2) is 35.0 Å². The van der Waals surface area contributed by atoms with Crippen LogP contribution in [0.5, 0.6) is 0 Å². The highest BCUT2D eigenvalue weighted by atomic mass is 35.5. The number of alkyl halides is 1. The predicted octanol–water partition coefficient (Wildman–Crippen LogP) is 2.97. The molecule has 0 amide bonds. The average Bonchev–Trinajstić information content (AvgIpc) is 2.57. The number of halogens is 2. The van der Waals surface area contributed by atoms with Gasteiger partial charge in [0.25, 0.3) is 5.66 Å². The zero-order chi connectivity index (χ0) is 18.0. The van der Waals surface area contributed by atoms with Gasteiger partial charge in [0, 0.05) is 26.9 Å². The van der Waals surface area contributed by atoms with Crippen molar-refractivity contribution in [2.45, 2.75) is 38.5 Å². The summed E-state index contributed by atoms with van der Waals surface area (Å²) in [5.74, 6) is 0.231. The lowest BCUT2D eigenvalue weighted by Gasteiger charge is -2.36. The number of hydrogen-bond donors (Lipinski definition) is 1. The van der Waals surface area contributed by atoms with Gasteiger partial charge < -0.3 is 5.73 Å². The molecule has 0 fully saturated rings. The summed E-state index contributed by atoms with van der Waals surface area (Å²) >= 11 is 5.85. The van der Waals surface area contributed by atoms with Crippen molar-refractivity contribution in [1.82, 2.24) is 5.01 Å². The normalized spacial score (nSPS) is 18.3. The van der Waals surface area contributed by atoms with Gasteiger partial charge >= 0.3 is 0 Å². The molecular formula is C16H28ClFN5+. The van der Waals surface area contributed by atoms with Crippen LogP contribution in [0, 0.1) is 5.92 Å². The number of hydrazone groups is 1. The van der Waals surface area contributed by atoms with E-state index in [0.29, 0.717) is 18.7 Å². The minimum atomic E-state index is -0.997. The first-order chi connectivity index (χ1) is 10.7. The summed E-state index contributed by atoms with van der Waals surface area (Å²) in [4.78, 5) is 4.24. The summed E-state index contributed by atoms with van der Waals surface area (Å²) in [7, 11) is 3.62. The molecule has 0 spiro atoms. The molecule has 0 aromatic rings. The minimum Gasteiger partial charge on any atom is -0.387 e. The van der Waals surface area contributed by atoms with Crippen molar-refractivity contribution in [2.24, 2.45) is 21.7 Å². The second kappa shape index (κ2) is 10.2. The van der Waals surface area contributed by atoms with Crippen LogP contribution >= 0.6 is 11.6 Å². The molecule has 0 radical (unpaired) electrons. The van der Waals surface area contributed by atoms with Gasteiger partial charge in [-0.05, 0) is 31.4 Å². The molecule has 3 atom stereocenters. The summed E-state index contributed by atoms with van der Waals surface area (Å²) in [5, 5.41) is 5.64. The number of amidine groups is 1. The molecule has 7 heteroatoms. The first-order valence-corrected chi connectivity index (χ1v) is 7.81. The van der Waals surface area contributed by atoms with Crippen LogP contribution in [0.25, 0.3) is 0 Å². The fraction of sp³-hybridized carbons (Fsp3) is 0.562. The van der Waals surface area contributed by atoms with Crippen molar-refractivity contribution < 1.29 is 8.97 Å². The zero-order valence-corrected chi connectivity index (χ0v) is 15.2. The molecular weight excluding hydrogens is 317 g/mol. The topological polar surface area (TPSA) is 57.0 Å². The Labute approximate surface area is 143 Å². The minimum absolute atomic E-state index is 0.190. The summed E-state index contributed by atoms with van der Waals surface area (Å²) in [6.07, 6.45) is 4.61. The van der Waals surface area contributed by atoms with Crippen LogP contribution < -0.4 is 5.73 Å². The van der Waals surface area contributed by atoms with Gasteiger partial charge in [-0.2, -0.15) is 5.10 Å². The highest BCUT2D eigenvalue weighted by Gasteiger charge is 2.46. The third-order valence-corrected chi connectivity index (χ3v) is 4.48. The Morgan fingerprint density at radius 1 is 1.57 bits per heavy atom. The number of nitrogens with two attached hydrogens (primary N) is 1.